The van der Waals surface area contributed by atoms with Crippen LogP contribution in [0.25, 0.3) is 0 Å². The molecule has 0 atom stereocenters. The molecule has 0 radical (unpaired) electrons. The lowest BCUT2D eigenvalue weighted by atomic mass is 9.75. The van der Waals surface area contributed by atoms with Crippen LogP contribution in [0.15, 0.2) is 91.0 Å². The summed E-state index contributed by atoms with van der Waals surface area (Å²) in [6.07, 6.45) is 0. The fourth-order valence-corrected chi connectivity index (χ4v) is 3.77. The highest BCUT2D eigenvalue weighted by Gasteiger charge is 2.41. The molecule has 134 valence electrons. The number of hydrogen-bond donors (Lipinski definition) is 2. The summed E-state index contributed by atoms with van der Waals surface area (Å²) in [5.74, 6) is 0. The largest absolute Gasteiger partial charge is 0.395 e. The number of rotatable bonds is 8. The third-order valence-corrected chi connectivity index (χ3v) is 4.79. The molecule has 26 heavy (non-hydrogen) atoms. The van der Waals surface area contributed by atoms with Gasteiger partial charge in [-0.15, -0.1) is 0 Å². The van der Waals surface area contributed by atoms with E-state index < -0.39 is 5.54 Å². The van der Waals surface area contributed by atoms with Crippen LogP contribution in [0.4, 0.5) is 0 Å². The van der Waals surface area contributed by atoms with Gasteiger partial charge in [0.15, 0.2) is 0 Å². The van der Waals surface area contributed by atoms with Crippen LogP contribution in [-0.2, 0) is 5.54 Å². The molecule has 0 unspecified atom stereocenters. The SMILES string of the molecule is OCCN(CCO)C(c1ccccc1)(c1ccccc1)c1ccccc1. The summed E-state index contributed by atoms with van der Waals surface area (Å²) >= 11 is 0. The highest BCUT2D eigenvalue weighted by molar-refractivity contribution is 5.49. The molecule has 0 saturated heterocycles. The Morgan fingerprint density at radius 1 is 0.538 bits per heavy atom. The van der Waals surface area contributed by atoms with E-state index >= 15 is 0 Å². The molecule has 0 aliphatic heterocycles. The first-order chi connectivity index (χ1) is 12.8. The van der Waals surface area contributed by atoms with Crippen LogP contribution in [0.1, 0.15) is 16.7 Å². The van der Waals surface area contributed by atoms with Crippen LogP contribution in [0.2, 0.25) is 0 Å². The average Bonchev–Trinajstić information content (AvgIpc) is 2.71. The smallest absolute Gasteiger partial charge is 0.0974 e. The quantitative estimate of drug-likeness (QED) is 0.615. The van der Waals surface area contributed by atoms with E-state index in [0.29, 0.717) is 13.1 Å². The maximum atomic E-state index is 9.74. The van der Waals surface area contributed by atoms with Crippen molar-refractivity contribution >= 4 is 0 Å². The Morgan fingerprint density at radius 2 is 0.846 bits per heavy atom. The molecule has 3 heteroatoms. The molecule has 0 heterocycles. The van der Waals surface area contributed by atoms with Gasteiger partial charge in [0.1, 0.15) is 0 Å². The topological polar surface area (TPSA) is 43.7 Å². The lowest BCUT2D eigenvalue weighted by molar-refractivity contribution is 0.0964. The molecule has 0 aromatic heterocycles. The van der Waals surface area contributed by atoms with Crippen molar-refractivity contribution in [2.45, 2.75) is 5.54 Å². The van der Waals surface area contributed by atoms with Gasteiger partial charge in [-0.2, -0.15) is 0 Å². The van der Waals surface area contributed by atoms with Gasteiger partial charge < -0.3 is 10.2 Å². The molecule has 2 N–H and O–H groups in total. The number of hydrogen-bond acceptors (Lipinski definition) is 3. The van der Waals surface area contributed by atoms with Gasteiger partial charge in [-0.1, -0.05) is 91.0 Å². The summed E-state index contributed by atoms with van der Waals surface area (Å²) in [5.41, 5.74) is 2.74. The Kier molecular flexibility index (Phi) is 6.18. The standard InChI is InChI=1S/C23H25NO2/c25-18-16-24(17-19-26)23(20-10-4-1-5-11-20,21-12-6-2-7-13-21)22-14-8-3-9-15-22/h1-15,25-26H,16-19H2. The van der Waals surface area contributed by atoms with E-state index in [0.717, 1.165) is 16.7 Å². The Bertz CT molecular complexity index is 672. The van der Waals surface area contributed by atoms with Crippen molar-refractivity contribution < 1.29 is 10.2 Å². The molecule has 0 bridgehead atoms. The molecule has 0 aliphatic carbocycles. The minimum absolute atomic E-state index is 0.0221. The molecule has 3 rings (SSSR count). The van der Waals surface area contributed by atoms with Crippen LogP contribution >= 0.6 is 0 Å². The second kappa shape index (κ2) is 8.77. The van der Waals surface area contributed by atoms with Gasteiger partial charge in [-0.3, -0.25) is 4.90 Å². The average molecular weight is 347 g/mol. The van der Waals surface area contributed by atoms with Crippen molar-refractivity contribution in [2.75, 3.05) is 26.3 Å². The molecular weight excluding hydrogens is 322 g/mol. The van der Waals surface area contributed by atoms with Crippen LogP contribution in [-0.4, -0.2) is 41.4 Å². The summed E-state index contributed by atoms with van der Waals surface area (Å²) in [7, 11) is 0. The summed E-state index contributed by atoms with van der Waals surface area (Å²) < 4.78 is 0. The summed E-state index contributed by atoms with van der Waals surface area (Å²) in [4.78, 5) is 2.16. The van der Waals surface area contributed by atoms with E-state index in [2.05, 4.69) is 41.3 Å². The Balaban J connectivity index is 2.34. The first kappa shape index (κ1) is 18.3. The first-order valence-corrected chi connectivity index (χ1v) is 8.97. The van der Waals surface area contributed by atoms with Crippen LogP contribution < -0.4 is 0 Å². The third kappa shape index (κ3) is 3.42. The van der Waals surface area contributed by atoms with Gasteiger partial charge in [-0.25, -0.2) is 0 Å². The second-order valence-electron chi connectivity index (χ2n) is 6.24. The van der Waals surface area contributed by atoms with Crippen molar-refractivity contribution in [3.63, 3.8) is 0 Å². The molecular formula is C23H25NO2. The molecule has 0 spiro atoms. The van der Waals surface area contributed by atoms with Crippen molar-refractivity contribution in [3.05, 3.63) is 108 Å². The lowest BCUT2D eigenvalue weighted by Crippen LogP contribution is -2.50. The second-order valence-corrected chi connectivity index (χ2v) is 6.24. The van der Waals surface area contributed by atoms with E-state index in [9.17, 15) is 10.2 Å². The van der Waals surface area contributed by atoms with E-state index in [1.807, 2.05) is 54.6 Å². The molecule has 3 nitrogen and oxygen atoms in total. The van der Waals surface area contributed by atoms with Gasteiger partial charge in [0.2, 0.25) is 0 Å². The maximum absolute atomic E-state index is 9.74. The monoisotopic (exact) mass is 347 g/mol. The van der Waals surface area contributed by atoms with Crippen LogP contribution in [0, 0.1) is 0 Å². The molecule has 3 aromatic carbocycles. The van der Waals surface area contributed by atoms with Gasteiger partial charge >= 0.3 is 0 Å². The molecule has 0 saturated carbocycles. The zero-order valence-corrected chi connectivity index (χ0v) is 14.8. The molecule has 3 aromatic rings. The zero-order valence-electron chi connectivity index (χ0n) is 14.8. The molecule has 0 amide bonds. The lowest BCUT2D eigenvalue weighted by Gasteiger charge is -2.45. The van der Waals surface area contributed by atoms with E-state index in [-0.39, 0.29) is 13.2 Å². The Morgan fingerprint density at radius 3 is 1.12 bits per heavy atom. The van der Waals surface area contributed by atoms with Crippen LogP contribution in [0.5, 0.6) is 0 Å². The number of aliphatic hydroxyl groups excluding tert-OH is 2. The summed E-state index contributed by atoms with van der Waals surface area (Å²) in [6, 6.07) is 30.9. The van der Waals surface area contributed by atoms with E-state index in [4.69, 9.17) is 0 Å². The minimum Gasteiger partial charge on any atom is -0.395 e. The van der Waals surface area contributed by atoms with Crippen LogP contribution in [0.3, 0.4) is 0 Å². The number of aliphatic hydroxyl groups is 2. The summed E-state index contributed by atoms with van der Waals surface area (Å²) in [6.45, 7) is 0.959. The van der Waals surface area contributed by atoms with Crippen molar-refractivity contribution in [1.82, 2.24) is 4.90 Å². The first-order valence-electron chi connectivity index (χ1n) is 8.97. The molecule has 0 fully saturated rings. The highest BCUT2D eigenvalue weighted by atomic mass is 16.3. The number of nitrogens with zero attached hydrogens (tertiary/aromatic N) is 1. The fourth-order valence-electron chi connectivity index (χ4n) is 3.77. The van der Waals surface area contributed by atoms with Crippen molar-refractivity contribution in [3.8, 4) is 0 Å². The summed E-state index contributed by atoms with van der Waals surface area (Å²) in [5, 5.41) is 19.5. The highest BCUT2D eigenvalue weighted by Crippen LogP contribution is 2.42. The molecule has 0 aliphatic rings. The Labute approximate surface area is 155 Å². The minimum atomic E-state index is -0.588. The Hall–Kier alpha value is -2.46. The van der Waals surface area contributed by atoms with Gasteiger partial charge in [0.05, 0.1) is 18.8 Å². The third-order valence-electron chi connectivity index (χ3n) is 4.79. The zero-order chi connectivity index (χ0) is 18.2. The maximum Gasteiger partial charge on any atom is 0.0974 e. The van der Waals surface area contributed by atoms with Gasteiger partial charge in [0, 0.05) is 13.1 Å². The van der Waals surface area contributed by atoms with E-state index in [1.54, 1.807) is 0 Å². The van der Waals surface area contributed by atoms with E-state index in [1.165, 1.54) is 0 Å². The fraction of sp³-hybridized carbons (Fsp3) is 0.217. The normalized spacial score (nSPS) is 11.7. The van der Waals surface area contributed by atoms with Gasteiger partial charge in [0.25, 0.3) is 0 Å². The van der Waals surface area contributed by atoms with Gasteiger partial charge in [-0.05, 0) is 16.7 Å². The van der Waals surface area contributed by atoms with Crippen molar-refractivity contribution in [2.24, 2.45) is 0 Å². The number of benzene rings is 3. The predicted octanol–water partition coefficient (Wildman–Crippen LogP) is 3.27. The predicted molar refractivity (Wildman–Crippen MR) is 105 cm³/mol. The van der Waals surface area contributed by atoms with Crippen molar-refractivity contribution in [1.29, 1.82) is 0 Å².